The number of nitriles is 1. The maximum atomic E-state index is 9.06. The largest absolute Gasteiger partial charge is 0.369 e. The summed E-state index contributed by atoms with van der Waals surface area (Å²) in [5.41, 5.74) is 2.65. The van der Waals surface area contributed by atoms with Crippen LogP contribution in [0, 0.1) is 18.3 Å². The summed E-state index contributed by atoms with van der Waals surface area (Å²) in [5, 5.41) is 12.3. The first-order valence-corrected chi connectivity index (χ1v) is 7.90. The van der Waals surface area contributed by atoms with Crippen molar-refractivity contribution in [1.29, 1.82) is 5.26 Å². The molecule has 1 saturated heterocycles. The van der Waals surface area contributed by atoms with Gasteiger partial charge in [0.1, 0.15) is 0 Å². The Morgan fingerprint density at radius 1 is 1.29 bits per heavy atom. The molecule has 2 rings (SSSR count). The fraction of sp³-hybridized carbons (Fsp3) is 0.588. The van der Waals surface area contributed by atoms with Gasteiger partial charge in [0.05, 0.1) is 12.1 Å². The summed E-state index contributed by atoms with van der Waals surface area (Å²) in [6, 6.07) is 11.0. The summed E-state index contributed by atoms with van der Waals surface area (Å²) < 4.78 is 0. The molecule has 1 aliphatic heterocycles. The van der Waals surface area contributed by atoms with Gasteiger partial charge in [0.25, 0.3) is 0 Å². The van der Waals surface area contributed by atoms with Crippen molar-refractivity contribution >= 4 is 5.69 Å². The molecule has 0 bridgehead atoms. The lowest BCUT2D eigenvalue weighted by atomic mass is 10.1. The smallest absolute Gasteiger partial charge is 0.0965 e. The predicted molar refractivity (Wildman–Crippen MR) is 87.5 cm³/mol. The zero-order valence-corrected chi connectivity index (χ0v) is 13.2. The van der Waals surface area contributed by atoms with E-state index in [0.717, 1.165) is 45.7 Å². The van der Waals surface area contributed by atoms with Crippen molar-refractivity contribution in [2.24, 2.45) is 0 Å². The first-order valence-electron chi connectivity index (χ1n) is 7.90. The lowest BCUT2D eigenvalue weighted by molar-refractivity contribution is 0.249. The summed E-state index contributed by atoms with van der Waals surface area (Å²) in [6.07, 6.45) is 0.911. The van der Waals surface area contributed by atoms with Gasteiger partial charge in [-0.2, -0.15) is 5.26 Å². The molecule has 1 atom stereocenters. The van der Waals surface area contributed by atoms with Crippen molar-refractivity contribution < 1.29 is 0 Å². The Bertz CT molecular complexity index is 472. The molecule has 0 radical (unpaired) electrons. The van der Waals surface area contributed by atoms with Gasteiger partial charge in [-0.15, -0.1) is 0 Å². The SMILES string of the molecule is CCNC(C#N)CCN1CCN(c2cccc(C)c2)CC1. The van der Waals surface area contributed by atoms with Crippen LogP contribution in [0.3, 0.4) is 0 Å². The third-order valence-corrected chi connectivity index (χ3v) is 4.08. The van der Waals surface area contributed by atoms with E-state index in [-0.39, 0.29) is 6.04 Å². The Hall–Kier alpha value is -1.57. The maximum Gasteiger partial charge on any atom is 0.0965 e. The van der Waals surface area contributed by atoms with E-state index in [1.54, 1.807) is 0 Å². The van der Waals surface area contributed by atoms with E-state index in [9.17, 15) is 0 Å². The van der Waals surface area contributed by atoms with Crippen LogP contribution in [0.1, 0.15) is 18.9 Å². The summed E-state index contributed by atoms with van der Waals surface area (Å²) in [6.45, 7) is 10.4. The molecule has 1 N–H and O–H groups in total. The molecule has 1 fully saturated rings. The van der Waals surface area contributed by atoms with Crippen LogP contribution in [0.25, 0.3) is 0 Å². The molecule has 0 spiro atoms. The van der Waals surface area contributed by atoms with Crippen molar-refractivity contribution in [2.75, 3.05) is 44.2 Å². The Labute approximate surface area is 128 Å². The number of aryl methyl sites for hydroxylation is 1. The minimum atomic E-state index is -0.00944. The highest BCUT2D eigenvalue weighted by atomic mass is 15.3. The van der Waals surface area contributed by atoms with Crippen molar-refractivity contribution in [3.63, 3.8) is 0 Å². The molecule has 1 aromatic carbocycles. The van der Waals surface area contributed by atoms with Gasteiger partial charge in [0.2, 0.25) is 0 Å². The van der Waals surface area contributed by atoms with Gasteiger partial charge in [-0.05, 0) is 37.6 Å². The lowest BCUT2D eigenvalue weighted by Crippen LogP contribution is -2.47. The highest BCUT2D eigenvalue weighted by Gasteiger charge is 2.18. The lowest BCUT2D eigenvalue weighted by Gasteiger charge is -2.36. The van der Waals surface area contributed by atoms with Crippen LogP contribution in [0.15, 0.2) is 24.3 Å². The van der Waals surface area contributed by atoms with Gasteiger partial charge in [-0.3, -0.25) is 4.90 Å². The van der Waals surface area contributed by atoms with Gasteiger partial charge in [-0.1, -0.05) is 19.1 Å². The summed E-state index contributed by atoms with van der Waals surface area (Å²) in [5.74, 6) is 0. The van der Waals surface area contributed by atoms with Gasteiger partial charge < -0.3 is 10.2 Å². The van der Waals surface area contributed by atoms with Gasteiger partial charge in [-0.25, -0.2) is 0 Å². The average molecular weight is 286 g/mol. The molecule has 0 amide bonds. The molecule has 0 saturated carbocycles. The van der Waals surface area contributed by atoms with Crippen LogP contribution in [-0.4, -0.2) is 50.2 Å². The van der Waals surface area contributed by atoms with Crippen LogP contribution >= 0.6 is 0 Å². The van der Waals surface area contributed by atoms with E-state index in [0.29, 0.717) is 0 Å². The molecule has 114 valence electrons. The van der Waals surface area contributed by atoms with E-state index >= 15 is 0 Å². The van der Waals surface area contributed by atoms with Crippen molar-refractivity contribution in [3.05, 3.63) is 29.8 Å². The molecule has 1 unspecified atom stereocenters. The molecular weight excluding hydrogens is 260 g/mol. The van der Waals surface area contributed by atoms with Crippen LogP contribution in [0.5, 0.6) is 0 Å². The first-order chi connectivity index (χ1) is 10.2. The average Bonchev–Trinajstić information content (AvgIpc) is 2.52. The van der Waals surface area contributed by atoms with Crippen LogP contribution in [0.2, 0.25) is 0 Å². The number of rotatable bonds is 6. The second-order valence-corrected chi connectivity index (χ2v) is 5.70. The van der Waals surface area contributed by atoms with E-state index < -0.39 is 0 Å². The van der Waals surface area contributed by atoms with Crippen LogP contribution in [0.4, 0.5) is 5.69 Å². The van der Waals surface area contributed by atoms with Gasteiger partial charge >= 0.3 is 0 Å². The van der Waals surface area contributed by atoms with Crippen LogP contribution < -0.4 is 10.2 Å². The Kier molecular flexibility index (Phi) is 6.04. The second-order valence-electron chi connectivity index (χ2n) is 5.70. The quantitative estimate of drug-likeness (QED) is 0.868. The standard InChI is InChI=1S/C17H26N4/c1-3-19-16(14-18)7-8-20-9-11-21(12-10-20)17-6-4-5-15(2)13-17/h4-6,13,16,19H,3,7-12H2,1-2H3. The van der Waals surface area contributed by atoms with E-state index in [1.807, 2.05) is 6.92 Å². The van der Waals surface area contributed by atoms with Crippen molar-refractivity contribution in [2.45, 2.75) is 26.3 Å². The molecule has 4 heteroatoms. The summed E-state index contributed by atoms with van der Waals surface area (Å²) >= 11 is 0. The maximum absolute atomic E-state index is 9.06. The van der Waals surface area contributed by atoms with E-state index in [2.05, 4.69) is 52.4 Å². The Morgan fingerprint density at radius 3 is 2.67 bits per heavy atom. The minimum Gasteiger partial charge on any atom is -0.369 e. The normalized spacial score (nSPS) is 17.5. The zero-order chi connectivity index (χ0) is 15.1. The predicted octanol–water partition coefficient (Wildman–Crippen LogP) is 2.01. The number of benzene rings is 1. The molecular formula is C17H26N4. The molecule has 1 heterocycles. The Morgan fingerprint density at radius 2 is 2.05 bits per heavy atom. The van der Waals surface area contributed by atoms with E-state index in [1.165, 1.54) is 11.3 Å². The number of hydrogen-bond donors (Lipinski definition) is 1. The van der Waals surface area contributed by atoms with Crippen molar-refractivity contribution in [1.82, 2.24) is 10.2 Å². The molecule has 0 aliphatic carbocycles. The summed E-state index contributed by atoms with van der Waals surface area (Å²) in [7, 11) is 0. The number of hydrogen-bond acceptors (Lipinski definition) is 4. The van der Waals surface area contributed by atoms with Crippen molar-refractivity contribution in [3.8, 4) is 6.07 Å². The monoisotopic (exact) mass is 286 g/mol. The number of nitrogens with zero attached hydrogens (tertiary/aromatic N) is 3. The van der Waals surface area contributed by atoms with Gasteiger partial charge in [0, 0.05) is 38.4 Å². The fourth-order valence-corrected chi connectivity index (χ4v) is 2.82. The number of nitrogens with one attached hydrogen (secondary N) is 1. The third-order valence-electron chi connectivity index (χ3n) is 4.08. The highest BCUT2D eigenvalue weighted by Crippen LogP contribution is 2.17. The minimum absolute atomic E-state index is 0.00944. The summed E-state index contributed by atoms with van der Waals surface area (Å²) in [4.78, 5) is 4.92. The Balaban J connectivity index is 1.77. The number of anilines is 1. The second kappa shape index (κ2) is 8.02. The fourth-order valence-electron chi connectivity index (χ4n) is 2.82. The first kappa shape index (κ1) is 15.8. The molecule has 1 aromatic rings. The molecule has 21 heavy (non-hydrogen) atoms. The molecule has 4 nitrogen and oxygen atoms in total. The number of piperazine rings is 1. The topological polar surface area (TPSA) is 42.3 Å². The van der Waals surface area contributed by atoms with Gasteiger partial charge in [0.15, 0.2) is 0 Å². The van der Waals surface area contributed by atoms with E-state index in [4.69, 9.17) is 5.26 Å². The third kappa shape index (κ3) is 4.73. The molecule has 1 aliphatic rings. The highest BCUT2D eigenvalue weighted by molar-refractivity contribution is 5.48. The van der Waals surface area contributed by atoms with Crippen LogP contribution in [-0.2, 0) is 0 Å². The zero-order valence-electron chi connectivity index (χ0n) is 13.2. The molecule has 0 aromatic heterocycles.